The molecule has 9 heteroatoms. The van der Waals surface area contributed by atoms with Crippen molar-refractivity contribution in [2.24, 2.45) is 5.73 Å². The first-order valence-corrected chi connectivity index (χ1v) is 7.45. The minimum absolute atomic E-state index is 0.0248. The lowest BCUT2D eigenvalue weighted by Gasteiger charge is -2.15. The summed E-state index contributed by atoms with van der Waals surface area (Å²) in [6.45, 7) is 0.0113. The van der Waals surface area contributed by atoms with E-state index in [1.54, 1.807) is 0 Å². The van der Waals surface area contributed by atoms with E-state index in [1.807, 2.05) is 0 Å². The van der Waals surface area contributed by atoms with Crippen molar-refractivity contribution in [3.8, 4) is 0 Å². The smallest absolute Gasteiger partial charge is 0.269 e. The Morgan fingerprint density at radius 1 is 1.38 bits per heavy atom. The maximum Gasteiger partial charge on any atom is 0.269 e. The van der Waals surface area contributed by atoms with Crippen molar-refractivity contribution in [2.45, 2.75) is 18.0 Å². The standard InChI is InChI=1S/C12H11FN4O3S/c13-7-2-1-3-8(4-7)21(19,20)17-5-9-10(6-17)15-16-11(9)12(14)18/h1-4H,5-6H2,(H2,14,18)(H,15,16). The molecule has 0 unspecified atom stereocenters. The maximum absolute atomic E-state index is 13.2. The van der Waals surface area contributed by atoms with Gasteiger partial charge in [0.15, 0.2) is 5.69 Å². The van der Waals surface area contributed by atoms with Crippen molar-refractivity contribution in [2.75, 3.05) is 0 Å². The van der Waals surface area contributed by atoms with Gasteiger partial charge in [-0.25, -0.2) is 12.8 Å². The number of H-pyrrole nitrogens is 1. The highest BCUT2D eigenvalue weighted by atomic mass is 32.2. The van der Waals surface area contributed by atoms with Crippen molar-refractivity contribution in [3.05, 3.63) is 47.0 Å². The summed E-state index contributed by atoms with van der Waals surface area (Å²) in [5.74, 6) is -1.36. The van der Waals surface area contributed by atoms with Crippen LogP contribution in [-0.2, 0) is 23.1 Å². The van der Waals surface area contributed by atoms with E-state index in [0.29, 0.717) is 11.3 Å². The van der Waals surface area contributed by atoms with Crippen LogP contribution in [0.5, 0.6) is 0 Å². The van der Waals surface area contributed by atoms with E-state index in [0.717, 1.165) is 10.4 Å². The van der Waals surface area contributed by atoms with E-state index in [1.165, 1.54) is 18.2 Å². The molecule has 110 valence electrons. The molecular formula is C12H11FN4O3S. The Kier molecular flexibility index (Phi) is 3.03. The molecule has 1 aliphatic rings. The third-order valence-corrected chi connectivity index (χ3v) is 5.08. The maximum atomic E-state index is 13.2. The van der Waals surface area contributed by atoms with Crippen molar-refractivity contribution in [1.82, 2.24) is 14.5 Å². The molecule has 0 spiro atoms. The first-order valence-electron chi connectivity index (χ1n) is 6.01. The number of hydrogen-bond acceptors (Lipinski definition) is 4. The van der Waals surface area contributed by atoms with Crippen LogP contribution in [-0.4, -0.2) is 28.8 Å². The number of amides is 1. The number of sulfonamides is 1. The second kappa shape index (κ2) is 4.64. The number of fused-ring (bicyclic) bond motifs is 1. The molecule has 3 rings (SSSR count). The summed E-state index contributed by atoms with van der Waals surface area (Å²) in [6.07, 6.45) is 0. The Bertz CT molecular complexity index is 831. The van der Waals surface area contributed by atoms with Gasteiger partial charge in [-0.05, 0) is 18.2 Å². The molecule has 0 radical (unpaired) electrons. The Morgan fingerprint density at radius 3 is 2.81 bits per heavy atom. The van der Waals surface area contributed by atoms with Crippen molar-refractivity contribution >= 4 is 15.9 Å². The number of hydrogen-bond donors (Lipinski definition) is 2. The van der Waals surface area contributed by atoms with Crippen LogP contribution < -0.4 is 5.73 Å². The van der Waals surface area contributed by atoms with Gasteiger partial charge in [0.25, 0.3) is 5.91 Å². The number of rotatable bonds is 3. The summed E-state index contributed by atoms with van der Waals surface area (Å²) in [6, 6.07) is 4.77. The molecule has 0 saturated heterocycles. The number of nitrogens with two attached hydrogens (primary N) is 1. The van der Waals surface area contributed by atoms with E-state index in [9.17, 15) is 17.6 Å². The summed E-state index contributed by atoms with van der Waals surface area (Å²) >= 11 is 0. The SMILES string of the molecule is NC(=O)c1n[nH]c2c1CN(S(=O)(=O)c1cccc(F)c1)C2. The van der Waals surface area contributed by atoms with E-state index in [-0.39, 0.29) is 23.7 Å². The summed E-state index contributed by atoms with van der Waals surface area (Å²) in [7, 11) is -3.85. The second-order valence-corrected chi connectivity index (χ2v) is 6.56. The summed E-state index contributed by atoms with van der Waals surface area (Å²) in [4.78, 5) is 11.1. The third kappa shape index (κ3) is 2.20. The second-order valence-electron chi connectivity index (χ2n) is 4.62. The Balaban J connectivity index is 1.95. The van der Waals surface area contributed by atoms with Gasteiger partial charge >= 0.3 is 0 Å². The van der Waals surface area contributed by atoms with Gasteiger partial charge in [-0.15, -0.1) is 0 Å². The van der Waals surface area contributed by atoms with Gasteiger partial charge in [-0.3, -0.25) is 9.89 Å². The Labute approximate surface area is 119 Å². The van der Waals surface area contributed by atoms with Crippen LogP contribution in [0.25, 0.3) is 0 Å². The van der Waals surface area contributed by atoms with Crippen LogP contribution in [0.4, 0.5) is 4.39 Å². The Morgan fingerprint density at radius 2 is 2.14 bits per heavy atom. The summed E-state index contributed by atoms with van der Waals surface area (Å²) in [5, 5.41) is 6.36. The lowest BCUT2D eigenvalue weighted by atomic mass is 10.2. The lowest BCUT2D eigenvalue weighted by Crippen LogP contribution is -2.26. The Hall–Kier alpha value is -2.26. The highest BCUT2D eigenvalue weighted by Crippen LogP contribution is 2.29. The molecule has 3 N–H and O–H groups in total. The zero-order valence-corrected chi connectivity index (χ0v) is 11.5. The van der Waals surface area contributed by atoms with Gasteiger partial charge in [0, 0.05) is 12.1 Å². The first kappa shape index (κ1) is 13.7. The zero-order chi connectivity index (χ0) is 15.2. The minimum Gasteiger partial charge on any atom is -0.364 e. The molecule has 2 aromatic rings. The quantitative estimate of drug-likeness (QED) is 0.852. The molecular weight excluding hydrogens is 299 g/mol. The van der Waals surface area contributed by atoms with Gasteiger partial charge in [0.05, 0.1) is 17.1 Å². The predicted molar refractivity (Wildman–Crippen MR) is 69.9 cm³/mol. The number of aromatic amines is 1. The van der Waals surface area contributed by atoms with Gasteiger partial charge in [0.2, 0.25) is 10.0 Å². The molecule has 0 fully saturated rings. The molecule has 1 aromatic heterocycles. The molecule has 0 bridgehead atoms. The number of halogens is 1. The highest BCUT2D eigenvalue weighted by molar-refractivity contribution is 7.89. The number of carbonyl (C=O) groups is 1. The van der Waals surface area contributed by atoms with Crippen molar-refractivity contribution in [3.63, 3.8) is 0 Å². The number of primary amides is 1. The van der Waals surface area contributed by atoms with Crippen LogP contribution in [0.1, 0.15) is 21.7 Å². The minimum atomic E-state index is -3.85. The van der Waals surface area contributed by atoms with Crippen LogP contribution in [0.2, 0.25) is 0 Å². The number of nitrogens with zero attached hydrogens (tertiary/aromatic N) is 2. The van der Waals surface area contributed by atoms with Crippen LogP contribution >= 0.6 is 0 Å². The molecule has 1 amide bonds. The average molecular weight is 310 g/mol. The van der Waals surface area contributed by atoms with Gasteiger partial charge in [-0.1, -0.05) is 6.07 Å². The van der Waals surface area contributed by atoms with Crippen LogP contribution in [0.3, 0.4) is 0 Å². The van der Waals surface area contributed by atoms with Crippen LogP contribution in [0, 0.1) is 5.82 Å². The molecule has 21 heavy (non-hydrogen) atoms. The zero-order valence-electron chi connectivity index (χ0n) is 10.7. The van der Waals surface area contributed by atoms with E-state index < -0.39 is 21.7 Å². The van der Waals surface area contributed by atoms with Gasteiger partial charge < -0.3 is 5.73 Å². The van der Waals surface area contributed by atoms with E-state index in [4.69, 9.17) is 5.73 Å². The number of benzene rings is 1. The first-order chi connectivity index (χ1) is 9.89. The largest absolute Gasteiger partial charge is 0.364 e. The molecule has 1 aliphatic heterocycles. The van der Waals surface area contributed by atoms with E-state index in [2.05, 4.69) is 10.2 Å². The normalized spacial score (nSPS) is 15.1. The van der Waals surface area contributed by atoms with Crippen molar-refractivity contribution in [1.29, 1.82) is 0 Å². The third-order valence-electron chi connectivity index (χ3n) is 3.29. The molecule has 7 nitrogen and oxygen atoms in total. The fraction of sp³-hybridized carbons (Fsp3) is 0.167. The number of carbonyl (C=O) groups excluding carboxylic acids is 1. The number of nitrogens with one attached hydrogen (secondary N) is 1. The van der Waals surface area contributed by atoms with Gasteiger partial charge in [0.1, 0.15) is 5.82 Å². The monoisotopic (exact) mass is 310 g/mol. The van der Waals surface area contributed by atoms with Crippen molar-refractivity contribution < 1.29 is 17.6 Å². The molecule has 0 saturated carbocycles. The molecule has 2 heterocycles. The predicted octanol–water partition coefficient (Wildman–Crippen LogP) is 0.352. The van der Waals surface area contributed by atoms with Gasteiger partial charge in [-0.2, -0.15) is 9.40 Å². The highest BCUT2D eigenvalue weighted by Gasteiger charge is 2.34. The number of aromatic nitrogens is 2. The summed E-state index contributed by atoms with van der Waals surface area (Å²) in [5.41, 5.74) is 6.19. The fourth-order valence-corrected chi connectivity index (χ4v) is 3.67. The molecule has 0 aliphatic carbocycles. The van der Waals surface area contributed by atoms with E-state index >= 15 is 0 Å². The lowest BCUT2D eigenvalue weighted by molar-refractivity contribution is 0.0994. The summed E-state index contributed by atoms with van der Waals surface area (Å²) < 4.78 is 39.2. The average Bonchev–Trinajstić information content (AvgIpc) is 2.97. The molecule has 1 aromatic carbocycles. The molecule has 0 atom stereocenters. The topological polar surface area (TPSA) is 109 Å². The fourth-order valence-electron chi connectivity index (χ4n) is 2.26. The van der Waals surface area contributed by atoms with Crippen LogP contribution in [0.15, 0.2) is 29.2 Å².